The third-order valence-corrected chi connectivity index (χ3v) is 5.03. The van der Waals surface area contributed by atoms with Gasteiger partial charge in [0, 0.05) is 25.1 Å². The Labute approximate surface area is 191 Å². The molecule has 3 aromatic heterocycles. The summed E-state index contributed by atoms with van der Waals surface area (Å²) in [4.78, 5) is 5.90. The summed E-state index contributed by atoms with van der Waals surface area (Å²) < 4.78 is 12.8. The minimum atomic E-state index is 0. The van der Waals surface area contributed by atoms with Gasteiger partial charge in [-0.25, -0.2) is 4.99 Å². The molecule has 158 valence electrons. The Morgan fingerprint density at radius 3 is 2.86 bits per heavy atom. The highest BCUT2D eigenvalue weighted by Crippen LogP contribution is 2.07. The summed E-state index contributed by atoms with van der Waals surface area (Å²) in [5.74, 6) is 3.29. The first-order valence-electron chi connectivity index (χ1n) is 9.22. The number of aryl methyl sites for hydroxylation is 1. The Hall–Kier alpha value is -1.92. The number of aliphatic imine (C=N–C) groups is 1. The summed E-state index contributed by atoms with van der Waals surface area (Å²) in [5.41, 5.74) is 0. The molecule has 2 N–H and O–H groups in total. The molecule has 8 nitrogen and oxygen atoms in total. The van der Waals surface area contributed by atoms with Crippen LogP contribution in [0.3, 0.4) is 0 Å². The number of guanidine groups is 1. The molecule has 0 radical (unpaired) electrons. The van der Waals surface area contributed by atoms with Crippen molar-refractivity contribution in [3.8, 4) is 0 Å². The van der Waals surface area contributed by atoms with E-state index in [1.54, 1.807) is 17.6 Å². The van der Waals surface area contributed by atoms with Crippen LogP contribution in [0.2, 0.25) is 0 Å². The van der Waals surface area contributed by atoms with Crippen LogP contribution in [-0.2, 0) is 31.5 Å². The number of thiophene rings is 1. The number of nitrogens with one attached hydrogen (secondary N) is 2. The largest absolute Gasteiger partial charge is 0.467 e. The third-order valence-electron chi connectivity index (χ3n) is 4.15. The van der Waals surface area contributed by atoms with E-state index in [9.17, 15) is 0 Å². The number of ether oxygens (including phenoxy) is 1. The van der Waals surface area contributed by atoms with Gasteiger partial charge in [-0.05, 0) is 36.9 Å². The molecule has 0 saturated carbocycles. The molecule has 0 aliphatic rings. The van der Waals surface area contributed by atoms with Gasteiger partial charge in [0.15, 0.2) is 11.8 Å². The highest BCUT2D eigenvalue weighted by molar-refractivity contribution is 14.0. The lowest BCUT2D eigenvalue weighted by molar-refractivity contribution is 0.105. The molecule has 0 unspecified atom stereocenters. The predicted octanol–water partition coefficient (Wildman–Crippen LogP) is 3.24. The van der Waals surface area contributed by atoms with Crippen LogP contribution in [0.25, 0.3) is 0 Å². The molecule has 0 bridgehead atoms. The second-order valence-electron chi connectivity index (χ2n) is 6.23. The maximum atomic E-state index is 5.61. The quantitative estimate of drug-likeness (QED) is 0.181. The second-order valence-corrected chi connectivity index (χ2v) is 7.26. The molecule has 0 fully saturated rings. The second kappa shape index (κ2) is 12.6. The lowest BCUT2D eigenvalue weighted by Gasteiger charge is -2.12. The van der Waals surface area contributed by atoms with Crippen LogP contribution < -0.4 is 10.6 Å². The van der Waals surface area contributed by atoms with Crippen LogP contribution in [0.4, 0.5) is 0 Å². The van der Waals surface area contributed by atoms with Crippen LogP contribution in [0.1, 0.15) is 28.7 Å². The zero-order valence-electron chi connectivity index (χ0n) is 16.6. The first-order chi connectivity index (χ1) is 13.7. The lowest BCUT2D eigenvalue weighted by Crippen LogP contribution is -2.37. The number of aromatic nitrogens is 3. The van der Waals surface area contributed by atoms with Crippen molar-refractivity contribution >= 4 is 41.3 Å². The fourth-order valence-electron chi connectivity index (χ4n) is 2.45. The molecule has 0 saturated heterocycles. The van der Waals surface area contributed by atoms with E-state index in [4.69, 9.17) is 9.15 Å². The fraction of sp³-hybridized carbons (Fsp3) is 0.421. The molecule has 0 amide bonds. The van der Waals surface area contributed by atoms with Crippen LogP contribution >= 0.6 is 35.3 Å². The summed E-state index contributed by atoms with van der Waals surface area (Å²) in [5, 5.41) is 17.0. The normalized spacial score (nSPS) is 11.3. The zero-order valence-corrected chi connectivity index (χ0v) is 19.8. The van der Waals surface area contributed by atoms with Gasteiger partial charge in [0.25, 0.3) is 0 Å². The Balaban J connectivity index is 0.00000300. The Kier molecular flexibility index (Phi) is 10.2. The zero-order chi connectivity index (χ0) is 19.6. The van der Waals surface area contributed by atoms with Gasteiger partial charge in [-0.1, -0.05) is 6.07 Å². The van der Waals surface area contributed by atoms with E-state index in [2.05, 4.69) is 37.3 Å². The van der Waals surface area contributed by atoms with Gasteiger partial charge < -0.3 is 24.4 Å². The maximum Gasteiger partial charge on any atom is 0.192 e. The van der Waals surface area contributed by atoms with Crippen molar-refractivity contribution in [2.45, 2.75) is 33.0 Å². The highest BCUT2D eigenvalue weighted by Gasteiger charge is 2.05. The minimum Gasteiger partial charge on any atom is -0.467 e. The molecule has 29 heavy (non-hydrogen) atoms. The first kappa shape index (κ1) is 23.4. The van der Waals surface area contributed by atoms with E-state index in [0.717, 1.165) is 42.9 Å². The smallest absolute Gasteiger partial charge is 0.192 e. The van der Waals surface area contributed by atoms with Crippen molar-refractivity contribution < 1.29 is 9.15 Å². The average Bonchev–Trinajstić information content (AvgIpc) is 3.45. The fourth-order valence-corrected chi connectivity index (χ4v) is 3.09. The number of rotatable bonds is 10. The van der Waals surface area contributed by atoms with Crippen molar-refractivity contribution in [2.75, 3.05) is 13.2 Å². The molecule has 0 spiro atoms. The number of hydrogen-bond acceptors (Lipinski definition) is 6. The van der Waals surface area contributed by atoms with Gasteiger partial charge in [-0.2, -0.15) is 0 Å². The molecular weight excluding hydrogens is 503 g/mol. The summed E-state index contributed by atoms with van der Waals surface area (Å²) in [6, 6.07) is 7.92. The van der Waals surface area contributed by atoms with E-state index in [1.807, 2.05) is 36.7 Å². The third kappa shape index (κ3) is 7.78. The number of halogens is 1. The molecule has 0 aliphatic heterocycles. The number of hydrogen-bond donors (Lipinski definition) is 2. The summed E-state index contributed by atoms with van der Waals surface area (Å²) in [6.07, 6.45) is 2.52. The molecule has 0 aliphatic carbocycles. The van der Waals surface area contributed by atoms with Gasteiger partial charge in [-0.3, -0.25) is 0 Å². The summed E-state index contributed by atoms with van der Waals surface area (Å²) in [7, 11) is 1.95. The summed E-state index contributed by atoms with van der Waals surface area (Å²) in [6.45, 7) is 5.02. The van der Waals surface area contributed by atoms with E-state index in [0.29, 0.717) is 19.8 Å². The molecule has 10 heteroatoms. The standard InChI is InChI=1S/C19H26N6O2S.HI/c1-15-23-24-18(25(15)2)13-22-19(21-12-17-7-4-11-28-17)20-8-5-9-26-14-16-6-3-10-27-16;/h3-4,6-7,10-11H,5,8-9,12-14H2,1-2H3,(H2,20,21,22);1H. The molecule has 3 heterocycles. The van der Waals surface area contributed by atoms with Crippen molar-refractivity contribution in [1.82, 2.24) is 25.4 Å². The topological polar surface area (TPSA) is 89.5 Å². The Bertz CT molecular complexity index is 848. The van der Waals surface area contributed by atoms with Gasteiger partial charge in [0.2, 0.25) is 0 Å². The van der Waals surface area contributed by atoms with Gasteiger partial charge in [0.05, 0.1) is 12.8 Å². The molecule has 3 aromatic rings. The van der Waals surface area contributed by atoms with Crippen LogP contribution in [0, 0.1) is 6.92 Å². The van der Waals surface area contributed by atoms with E-state index >= 15 is 0 Å². The van der Waals surface area contributed by atoms with E-state index in [-0.39, 0.29) is 24.0 Å². The van der Waals surface area contributed by atoms with Gasteiger partial charge >= 0.3 is 0 Å². The number of furan rings is 1. The van der Waals surface area contributed by atoms with Crippen molar-refractivity contribution in [2.24, 2.45) is 12.0 Å². The monoisotopic (exact) mass is 530 g/mol. The van der Waals surface area contributed by atoms with Crippen LogP contribution in [0.15, 0.2) is 45.3 Å². The van der Waals surface area contributed by atoms with Crippen molar-refractivity contribution in [1.29, 1.82) is 0 Å². The molecule has 0 atom stereocenters. The summed E-state index contributed by atoms with van der Waals surface area (Å²) >= 11 is 1.72. The van der Waals surface area contributed by atoms with Crippen LogP contribution in [0.5, 0.6) is 0 Å². The van der Waals surface area contributed by atoms with E-state index in [1.165, 1.54) is 4.88 Å². The van der Waals surface area contributed by atoms with Gasteiger partial charge in [-0.15, -0.1) is 45.5 Å². The maximum absolute atomic E-state index is 5.61. The van der Waals surface area contributed by atoms with E-state index < -0.39 is 0 Å². The minimum absolute atomic E-state index is 0. The first-order valence-corrected chi connectivity index (χ1v) is 10.1. The van der Waals surface area contributed by atoms with Crippen molar-refractivity contribution in [3.05, 3.63) is 58.2 Å². The van der Waals surface area contributed by atoms with Crippen molar-refractivity contribution in [3.63, 3.8) is 0 Å². The molecule has 0 aromatic carbocycles. The number of nitrogens with zero attached hydrogens (tertiary/aromatic N) is 4. The van der Waals surface area contributed by atoms with Crippen LogP contribution in [-0.4, -0.2) is 33.9 Å². The SMILES string of the molecule is Cc1nnc(CN=C(NCCCOCc2ccco2)NCc2cccs2)n1C.I. The average molecular weight is 530 g/mol. The van der Waals surface area contributed by atoms with Gasteiger partial charge in [0.1, 0.15) is 24.7 Å². The lowest BCUT2D eigenvalue weighted by atomic mass is 10.4. The Morgan fingerprint density at radius 2 is 2.17 bits per heavy atom. The molecule has 3 rings (SSSR count). The highest BCUT2D eigenvalue weighted by atomic mass is 127. The molecular formula is C19H27IN6O2S. The predicted molar refractivity (Wildman–Crippen MR) is 124 cm³/mol. The Morgan fingerprint density at radius 1 is 1.28 bits per heavy atom.